The zero-order valence-corrected chi connectivity index (χ0v) is 11.7. The number of methoxy groups -OCH3 is 1. The second kappa shape index (κ2) is 6.05. The van der Waals surface area contributed by atoms with Crippen LogP contribution < -0.4 is 15.4 Å². The van der Waals surface area contributed by atoms with Gasteiger partial charge in [0.2, 0.25) is 0 Å². The minimum atomic E-state index is 0.562. The van der Waals surface area contributed by atoms with E-state index in [4.69, 9.17) is 4.74 Å². The van der Waals surface area contributed by atoms with Crippen molar-refractivity contribution in [1.82, 2.24) is 15.3 Å². The van der Waals surface area contributed by atoms with E-state index >= 15 is 0 Å². The van der Waals surface area contributed by atoms with Gasteiger partial charge in [-0.15, -0.1) is 0 Å². The van der Waals surface area contributed by atoms with Gasteiger partial charge in [-0.3, -0.25) is 0 Å². The molecule has 1 unspecified atom stereocenters. The average Bonchev–Trinajstić information content (AvgIpc) is 2.53. The Hall–Kier alpha value is -1.88. The highest BCUT2D eigenvalue weighted by molar-refractivity contribution is 5.77. The number of rotatable bonds is 4. The smallest absolute Gasteiger partial charge is 0.257 e. The number of ether oxygens (including phenoxy) is 1. The van der Waals surface area contributed by atoms with Crippen LogP contribution in [0.25, 0.3) is 11.0 Å². The summed E-state index contributed by atoms with van der Waals surface area (Å²) in [6, 6.07) is 7.84. The Morgan fingerprint density at radius 1 is 1.30 bits per heavy atom. The summed E-state index contributed by atoms with van der Waals surface area (Å²) in [5.74, 6) is 1.94. The monoisotopic (exact) mass is 272 g/mol. The van der Waals surface area contributed by atoms with Crippen LogP contribution in [-0.4, -0.2) is 36.7 Å². The van der Waals surface area contributed by atoms with Gasteiger partial charge in [0, 0.05) is 6.54 Å². The highest BCUT2D eigenvalue weighted by Gasteiger charge is 2.15. The van der Waals surface area contributed by atoms with Crippen molar-refractivity contribution in [3.05, 3.63) is 24.3 Å². The number of para-hydroxylation sites is 2. The number of benzene rings is 1. The molecular formula is C15H20N4O. The lowest BCUT2D eigenvalue weighted by Crippen LogP contribution is -2.33. The molecule has 5 heteroatoms. The molecule has 0 aliphatic carbocycles. The van der Waals surface area contributed by atoms with Gasteiger partial charge in [-0.05, 0) is 44.0 Å². The van der Waals surface area contributed by atoms with Gasteiger partial charge in [0.1, 0.15) is 0 Å². The summed E-state index contributed by atoms with van der Waals surface area (Å²) in [6.07, 6.45) is 2.50. The maximum absolute atomic E-state index is 5.34. The lowest BCUT2D eigenvalue weighted by atomic mass is 10.00. The van der Waals surface area contributed by atoms with E-state index < -0.39 is 0 Å². The summed E-state index contributed by atoms with van der Waals surface area (Å²) < 4.78 is 5.34. The number of aromatic nitrogens is 2. The van der Waals surface area contributed by atoms with Crippen LogP contribution in [0.5, 0.6) is 5.88 Å². The van der Waals surface area contributed by atoms with Gasteiger partial charge in [-0.25, -0.2) is 9.97 Å². The molecule has 1 aromatic carbocycles. The lowest BCUT2D eigenvalue weighted by Gasteiger charge is -2.23. The minimum Gasteiger partial charge on any atom is -0.478 e. The van der Waals surface area contributed by atoms with E-state index in [1.165, 1.54) is 12.8 Å². The first kappa shape index (κ1) is 13.1. The van der Waals surface area contributed by atoms with E-state index in [-0.39, 0.29) is 0 Å². The zero-order valence-electron chi connectivity index (χ0n) is 11.7. The van der Waals surface area contributed by atoms with Crippen LogP contribution in [0.2, 0.25) is 0 Å². The molecule has 1 fully saturated rings. The van der Waals surface area contributed by atoms with Crippen molar-refractivity contribution >= 4 is 16.9 Å². The van der Waals surface area contributed by atoms with Crippen molar-refractivity contribution in [2.24, 2.45) is 5.92 Å². The van der Waals surface area contributed by atoms with Crippen LogP contribution in [0.1, 0.15) is 12.8 Å². The number of fused-ring (bicyclic) bond motifs is 1. The van der Waals surface area contributed by atoms with Crippen molar-refractivity contribution in [2.45, 2.75) is 12.8 Å². The first-order valence-electron chi connectivity index (χ1n) is 7.12. The fraction of sp³-hybridized carbons (Fsp3) is 0.467. The molecule has 0 spiro atoms. The molecule has 0 saturated carbocycles. The second-order valence-electron chi connectivity index (χ2n) is 5.16. The molecule has 5 nitrogen and oxygen atoms in total. The first-order valence-corrected chi connectivity index (χ1v) is 7.12. The van der Waals surface area contributed by atoms with Crippen LogP contribution in [0.15, 0.2) is 24.3 Å². The van der Waals surface area contributed by atoms with E-state index in [1.54, 1.807) is 7.11 Å². The zero-order chi connectivity index (χ0) is 13.8. The van der Waals surface area contributed by atoms with Crippen molar-refractivity contribution in [2.75, 3.05) is 32.1 Å². The average molecular weight is 272 g/mol. The predicted octanol–water partition coefficient (Wildman–Crippen LogP) is 2.05. The molecule has 1 aliphatic rings. The summed E-state index contributed by atoms with van der Waals surface area (Å²) >= 11 is 0. The summed E-state index contributed by atoms with van der Waals surface area (Å²) in [5.41, 5.74) is 1.74. The predicted molar refractivity (Wildman–Crippen MR) is 80.2 cm³/mol. The van der Waals surface area contributed by atoms with Gasteiger partial charge in [0.15, 0.2) is 5.82 Å². The number of hydrogen-bond donors (Lipinski definition) is 2. The number of anilines is 1. The van der Waals surface area contributed by atoms with Crippen LogP contribution in [0.4, 0.5) is 5.82 Å². The van der Waals surface area contributed by atoms with Crippen LogP contribution in [0, 0.1) is 5.92 Å². The van der Waals surface area contributed by atoms with Gasteiger partial charge >= 0.3 is 0 Å². The minimum absolute atomic E-state index is 0.562. The van der Waals surface area contributed by atoms with Crippen molar-refractivity contribution in [3.8, 4) is 5.88 Å². The maximum atomic E-state index is 5.34. The summed E-state index contributed by atoms with van der Waals surface area (Å²) in [4.78, 5) is 9.11. The quantitative estimate of drug-likeness (QED) is 0.892. The van der Waals surface area contributed by atoms with Gasteiger partial charge in [-0.1, -0.05) is 12.1 Å². The van der Waals surface area contributed by atoms with E-state index in [1.807, 2.05) is 24.3 Å². The Morgan fingerprint density at radius 2 is 2.10 bits per heavy atom. The molecule has 20 heavy (non-hydrogen) atoms. The fourth-order valence-electron chi connectivity index (χ4n) is 2.58. The molecule has 1 atom stereocenters. The SMILES string of the molecule is COc1nc2ccccc2nc1NCC1CCCNC1. The van der Waals surface area contributed by atoms with Crippen LogP contribution >= 0.6 is 0 Å². The normalized spacial score (nSPS) is 18.9. The highest BCUT2D eigenvalue weighted by atomic mass is 16.5. The standard InChI is InChI=1S/C15H20N4O/c1-20-15-14(17-10-11-5-4-8-16-9-11)18-12-6-2-3-7-13(12)19-15/h2-3,6-7,11,16H,4-5,8-10H2,1H3,(H,17,18). The number of nitrogens with one attached hydrogen (secondary N) is 2. The van der Waals surface area contributed by atoms with E-state index in [9.17, 15) is 0 Å². The molecule has 1 aromatic heterocycles. The Kier molecular flexibility index (Phi) is 3.97. The molecule has 0 radical (unpaired) electrons. The summed E-state index contributed by atoms with van der Waals surface area (Å²) in [5, 5.41) is 6.81. The van der Waals surface area contributed by atoms with E-state index in [0.717, 1.165) is 36.5 Å². The Balaban J connectivity index is 1.78. The Bertz CT molecular complexity index is 581. The van der Waals surface area contributed by atoms with Crippen LogP contribution in [0.3, 0.4) is 0 Å². The fourth-order valence-corrected chi connectivity index (χ4v) is 2.58. The summed E-state index contributed by atoms with van der Waals surface area (Å²) in [6.45, 7) is 3.10. The molecule has 106 valence electrons. The molecule has 1 aliphatic heterocycles. The lowest BCUT2D eigenvalue weighted by molar-refractivity contribution is 0.387. The molecule has 2 N–H and O–H groups in total. The second-order valence-corrected chi connectivity index (χ2v) is 5.16. The van der Waals surface area contributed by atoms with Gasteiger partial charge in [0.05, 0.1) is 18.1 Å². The number of piperidine rings is 1. The third-order valence-corrected chi connectivity index (χ3v) is 3.69. The van der Waals surface area contributed by atoms with E-state index in [0.29, 0.717) is 11.8 Å². The Labute approximate surface area is 118 Å². The van der Waals surface area contributed by atoms with Crippen molar-refractivity contribution in [3.63, 3.8) is 0 Å². The molecular weight excluding hydrogens is 252 g/mol. The molecule has 3 rings (SSSR count). The first-order chi connectivity index (χ1) is 9.86. The maximum Gasteiger partial charge on any atom is 0.257 e. The topological polar surface area (TPSA) is 59.1 Å². The molecule has 2 heterocycles. The Morgan fingerprint density at radius 3 is 2.80 bits per heavy atom. The number of nitrogens with zero attached hydrogens (tertiary/aromatic N) is 2. The summed E-state index contributed by atoms with van der Waals surface area (Å²) in [7, 11) is 1.63. The third-order valence-electron chi connectivity index (χ3n) is 3.69. The van der Waals surface area contributed by atoms with Crippen LogP contribution in [-0.2, 0) is 0 Å². The number of hydrogen-bond acceptors (Lipinski definition) is 5. The van der Waals surface area contributed by atoms with Gasteiger partial charge in [0.25, 0.3) is 5.88 Å². The van der Waals surface area contributed by atoms with Gasteiger partial charge < -0.3 is 15.4 Å². The van der Waals surface area contributed by atoms with Crippen molar-refractivity contribution in [1.29, 1.82) is 0 Å². The molecule has 1 saturated heterocycles. The van der Waals surface area contributed by atoms with E-state index in [2.05, 4.69) is 20.6 Å². The van der Waals surface area contributed by atoms with Gasteiger partial charge in [-0.2, -0.15) is 0 Å². The largest absolute Gasteiger partial charge is 0.478 e. The molecule has 2 aromatic rings. The molecule has 0 amide bonds. The third kappa shape index (κ3) is 2.82. The molecule has 0 bridgehead atoms. The van der Waals surface area contributed by atoms with Crippen molar-refractivity contribution < 1.29 is 4.74 Å². The highest BCUT2D eigenvalue weighted by Crippen LogP contribution is 2.23.